The highest BCUT2D eigenvalue weighted by atomic mass is 16.8. The van der Waals surface area contributed by atoms with Crippen LogP contribution >= 0.6 is 0 Å². The smallest absolute Gasteiger partial charge is 0.187 e. The van der Waals surface area contributed by atoms with Gasteiger partial charge in [0.2, 0.25) is 0 Å². The summed E-state index contributed by atoms with van der Waals surface area (Å²) in [6.45, 7) is 3.44. The largest absolute Gasteiger partial charge is 0.370 e. The Kier molecular flexibility index (Phi) is 12.0. The first-order chi connectivity index (χ1) is 25.2. The number of rotatable bonds is 15. The number of hydrogen-bond acceptors (Lipinski definition) is 9. The fraction of sp³-hybridized carbons (Fsp3) is 0.400. The van der Waals surface area contributed by atoms with Gasteiger partial charge >= 0.3 is 0 Å². The van der Waals surface area contributed by atoms with E-state index in [0.717, 1.165) is 22.3 Å². The third-order valence-electron chi connectivity index (χ3n) is 9.38. The number of hydrogen-bond donors (Lipinski definition) is 0. The number of fused-ring (bicyclic) bond motifs is 2. The van der Waals surface area contributed by atoms with Crippen LogP contribution in [0, 0.1) is 0 Å². The molecule has 0 amide bonds. The van der Waals surface area contributed by atoms with E-state index in [1.807, 2.05) is 128 Å². The molecule has 266 valence electrons. The predicted molar refractivity (Wildman–Crippen MR) is 187 cm³/mol. The van der Waals surface area contributed by atoms with Crippen molar-refractivity contribution in [2.45, 2.75) is 94.7 Å². The van der Waals surface area contributed by atoms with E-state index in [1.165, 1.54) is 0 Å². The summed E-state index contributed by atoms with van der Waals surface area (Å²) in [4.78, 5) is 3.11. The highest BCUT2D eigenvalue weighted by Crippen LogP contribution is 2.38. The molecule has 11 nitrogen and oxygen atoms in total. The van der Waals surface area contributed by atoms with Gasteiger partial charge in [-0.3, -0.25) is 0 Å². The van der Waals surface area contributed by atoms with Crippen molar-refractivity contribution in [1.29, 1.82) is 0 Å². The van der Waals surface area contributed by atoms with Gasteiger partial charge in [-0.15, -0.1) is 0 Å². The van der Waals surface area contributed by atoms with Crippen molar-refractivity contribution in [3.05, 3.63) is 154 Å². The summed E-state index contributed by atoms with van der Waals surface area (Å²) in [5.74, 6) is 0. The highest BCUT2D eigenvalue weighted by Gasteiger charge is 2.55. The molecule has 7 rings (SSSR count). The van der Waals surface area contributed by atoms with Crippen molar-refractivity contribution in [2.24, 2.45) is 5.11 Å². The SMILES string of the molecule is C[C@@H]1OC(O[C@H]2[C@H](OCc3ccccc3)[C@@H](N=[N+]=[N-])[C@@H]3OC[C@H]2O3)[C@H](OCc2ccccc2)[C@H](OCc2ccccc2)[C@H]1OCc1ccccc1. The third kappa shape index (κ3) is 8.85. The van der Waals surface area contributed by atoms with Crippen LogP contribution in [0.4, 0.5) is 0 Å². The summed E-state index contributed by atoms with van der Waals surface area (Å²) in [5, 5.41) is 4.06. The van der Waals surface area contributed by atoms with Gasteiger partial charge in [0.1, 0.15) is 42.7 Å². The fourth-order valence-corrected chi connectivity index (χ4v) is 6.79. The molecule has 0 aliphatic carbocycles. The van der Waals surface area contributed by atoms with Crippen molar-refractivity contribution in [2.75, 3.05) is 6.61 Å². The minimum Gasteiger partial charge on any atom is -0.370 e. The molecule has 0 saturated carbocycles. The van der Waals surface area contributed by atoms with Crippen LogP contribution in [0.2, 0.25) is 0 Å². The van der Waals surface area contributed by atoms with E-state index in [1.54, 1.807) is 0 Å². The van der Waals surface area contributed by atoms with Gasteiger partial charge in [0.25, 0.3) is 0 Å². The van der Waals surface area contributed by atoms with Gasteiger partial charge in [-0.25, -0.2) is 0 Å². The zero-order chi connectivity index (χ0) is 34.8. The van der Waals surface area contributed by atoms with Crippen LogP contribution < -0.4 is 0 Å². The number of azide groups is 1. The Hall–Kier alpha value is -4.13. The first kappa shape index (κ1) is 35.3. The molecule has 10 atom stereocenters. The molecule has 4 aromatic rings. The minimum absolute atomic E-state index is 0.243. The van der Waals surface area contributed by atoms with Crippen LogP contribution in [0.3, 0.4) is 0 Å². The standard InChI is InChI=1S/C40H43N3O8/c1-27-34(44-22-28-14-6-2-7-15-28)37(46-24-30-18-10-4-11-19-30)38(47-25-31-20-12-5-13-21-31)40(49-27)51-35-32-26-48-39(50-32)33(42-43-41)36(35)45-23-29-16-8-3-9-17-29/h2-21,27,32-40H,22-26H2,1H3/t27-,32+,33+,34-,35+,36+,37+,38+,39+,40?/m0/s1. The second-order valence-corrected chi connectivity index (χ2v) is 12.9. The molecule has 0 N–H and O–H groups in total. The van der Waals surface area contributed by atoms with Crippen molar-refractivity contribution in [1.82, 2.24) is 0 Å². The van der Waals surface area contributed by atoms with Gasteiger partial charge in [0.05, 0.1) is 39.1 Å². The zero-order valence-electron chi connectivity index (χ0n) is 28.5. The quantitative estimate of drug-likeness (QED) is 0.0750. The molecule has 3 heterocycles. The van der Waals surface area contributed by atoms with Crippen LogP contribution in [0.1, 0.15) is 29.2 Å². The van der Waals surface area contributed by atoms with Crippen LogP contribution in [-0.4, -0.2) is 68.0 Å². The van der Waals surface area contributed by atoms with Gasteiger partial charge in [0.15, 0.2) is 12.6 Å². The lowest BCUT2D eigenvalue weighted by molar-refractivity contribution is -0.346. The molecule has 1 unspecified atom stereocenters. The maximum atomic E-state index is 9.54. The highest BCUT2D eigenvalue weighted by molar-refractivity contribution is 5.16. The fourth-order valence-electron chi connectivity index (χ4n) is 6.79. The van der Waals surface area contributed by atoms with Crippen LogP contribution in [0.5, 0.6) is 0 Å². The van der Waals surface area contributed by atoms with Gasteiger partial charge < -0.3 is 37.9 Å². The van der Waals surface area contributed by atoms with Crippen LogP contribution in [0.25, 0.3) is 10.4 Å². The maximum absolute atomic E-state index is 9.54. The van der Waals surface area contributed by atoms with Crippen molar-refractivity contribution in [3.63, 3.8) is 0 Å². The van der Waals surface area contributed by atoms with E-state index >= 15 is 0 Å². The Morgan fingerprint density at radius 2 is 1.04 bits per heavy atom. The topological polar surface area (TPSA) is 123 Å². The molecule has 3 aliphatic rings. The second kappa shape index (κ2) is 17.4. The number of benzene rings is 4. The first-order valence-electron chi connectivity index (χ1n) is 17.4. The lowest BCUT2D eigenvalue weighted by Crippen LogP contribution is -2.63. The van der Waals surface area contributed by atoms with E-state index in [-0.39, 0.29) is 19.8 Å². The monoisotopic (exact) mass is 693 g/mol. The van der Waals surface area contributed by atoms with E-state index in [2.05, 4.69) is 10.0 Å². The Bertz CT molecular complexity index is 1680. The maximum Gasteiger partial charge on any atom is 0.187 e. The molecule has 0 aromatic heterocycles. The summed E-state index contributed by atoms with van der Waals surface area (Å²) in [6, 6.07) is 39.0. The second-order valence-electron chi connectivity index (χ2n) is 12.9. The van der Waals surface area contributed by atoms with Gasteiger partial charge in [-0.2, -0.15) is 0 Å². The predicted octanol–water partition coefficient (Wildman–Crippen LogP) is 6.89. The van der Waals surface area contributed by atoms with Gasteiger partial charge in [-0.1, -0.05) is 126 Å². The van der Waals surface area contributed by atoms with Crippen LogP contribution in [-0.2, 0) is 64.3 Å². The van der Waals surface area contributed by atoms with Crippen molar-refractivity contribution >= 4 is 0 Å². The Balaban J connectivity index is 1.19. The summed E-state index contributed by atoms with van der Waals surface area (Å²) in [5.41, 5.74) is 13.5. The summed E-state index contributed by atoms with van der Waals surface area (Å²) < 4.78 is 52.3. The van der Waals surface area contributed by atoms with Crippen molar-refractivity contribution < 1.29 is 37.9 Å². The molecular weight excluding hydrogens is 650 g/mol. The molecule has 11 heteroatoms. The third-order valence-corrected chi connectivity index (χ3v) is 9.38. The normalized spacial score (nSPS) is 30.1. The Morgan fingerprint density at radius 1 is 0.588 bits per heavy atom. The number of ether oxygens (including phenoxy) is 8. The Morgan fingerprint density at radius 3 is 1.53 bits per heavy atom. The molecule has 51 heavy (non-hydrogen) atoms. The van der Waals surface area contributed by atoms with Crippen LogP contribution in [0.15, 0.2) is 126 Å². The molecule has 3 saturated heterocycles. The molecular formula is C40H43N3O8. The lowest BCUT2D eigenvalue weighted by atomic mass is 9.96. The van der Waals surface area contributed by atoms with Gasteiger partial charge in [0, 0.05) is 4.91 Å². The molecule has 0 spiro atoms. The molecule has 4 aromatic carbocycles. The van der Waals surface area contributed by atoms with Crippen molar-refractivity contribution in [3.8, 4) is 0 Å². The van der Waals surface area contributed by atoms with E-state index in [4.69, 9.17) is 37.9 Å². The lowest BCUT2D eigenvalue weighted by Gasteiger charge is -2.47. The van der Waals surface area contributed by atoms with E-state index in [9.17, 15) is 5.53 Å². The molecule has 0 radical (unpaired) electrons. The Labute approximate surface area is 297 Å². The average molecular weight is 694 g/mol. The average Bonchev–Trinajstić information content (AvgIpc) is 3.62. The van der Waals surface area contributed by atoms with E-state index < -0.39 is 61.3 Å². The number of nitrogens with zero attached hydrogens (tertiary/aromatic N) is 3. The first-order valence-corrected chi connectivity index (χ1v) is 17.4. The molecule has 2 bridgehead atoms. The summed E-state index contributed by atoms with van der Waals surface area (Å²) in [6.07, 6.45) is -5.88. The summed E-state index contributed by atoms with van der Waals surface area (Å²) >= 11 is 0. The molecule has 3 aliphatic heterocycles. The van der Waals surface area contributed by atoms with Gasteiger partial charge in [-0.05, 0) is 34.7 Å². The minimum atomic E-state index is -0.929. The summed E-state index contributed by atoms with van der Waals surface area (Å²) in [7, 11) is 0. The molecule has 3 fully saturated rings. The zero-order valence-corrected chi connectivity index (χ0v) is 28.5. The van der Waals surface area contributed by atoms with E-state index in [0.29, 0.717) is 13.2 Å².